The SMILES string of the molecule is CCOC(=O)C(CCC(N)=O)Oc1c(F)c(F)nc(F)c1F. The summed E-state index contributed by atoms with van der Waals surface area (Å²) in [6.07, 6.45) is -2.43. The van der Waals surface area contributed by atoms with E-state index in [1.54, 1.807) is 0 Å². The van der Waals surface area contributed by atoms with E-state index < -0.39 is 53.7 Å². The topological polar surface area (TPSA) is 91.5 Å². The molecule has 22 heavy (non-hydrogen) atoms. The van der Waals surface area contributed by atoms with Gasteiger partial charge in [0.1, 0.15) is 0 Å². The molecule has 0 radical (unpaired) electrons. The van der Waals surface area contributed by atoms with Crippen LogP contribution in [0.1, 0.15) is 19.8 Å². The van der Waals surface area contributed by atoms with Crippen molar-refractivity contribution in [1.82, 2.24) is 4.98 Å². The standard InChI is InChI=1S/C12H12F4N2O4/c1-2-21-12(20)5(3-4-6(17)19)22-9-7(13)10(15)18-11(16)8(9)14/h5H,2-4H2,1H3,(H2,17,19). The van der Waals surface area contributed by atoms with Gasteiger partial charge in [0, 0.05) is 12.8 Å². The van der Waals surface area contributed by atoms with Crippen molar-refractivity contribution in [3.63, 3.8) is 0 Å². The summed E-state index contributed by atoms with van der Waals surface area (Å²) in [7, 11) is 0. The van der Waals surface area contributed by atoms with Gasteiger partial charge < -0.3 is 15.2 Å². The van der Waals surface area contributed by atoms with Gasteiger partial charge in [-0.15, -0.1) is 0 Å². The molecular weight excluding hydrogens is 312 g/mol. The van der Waals surface area contributed by atoms with E-state index >= 15 is 0 Å². The first-order chi connectivity index (χ1) is 10.3. The number of nitrogens with zero attached hydrogens (tertiary/aromatic N) is 1. The third kappa shape index (κ3) is 4.30. The first-order valence-corrected chi connectivity index (χ1v) is 6.09. The van der Waals surface area contributed by atoms with Crippen molar-refractivity contribution in [2.45, 2.75) is 25.9 Å². The van der Waals surface area contributed by atoms with Crippen LogP contribution in [0.2, 0.25) is 0 Å². The molecule has 0 fully saturated rings. The molecule has 0 aromatic carbocycles. The van der Waals surface area contributed by atoms with Gasteiger partial charge in [0.15, 0.2) is 6.10 Å². The van der Waals surface area contributed by atoms with Crippen LogP contribution in [0.25, 0.3) is 0 Å². The number of aromatic nitrogens is 1. The lowest BCUT2D eigenvalue weighted by Crippen LogP contribution is -2.32. The number of pyridine rings is 1. The quantitative estimate of drug-likeness (QED) is 0.462. The number of nitrogens with two attached hydrogens (primary N) is 1. The van der Waals surface area contributed by atoms with Crippen LogP contribution < -0.4 is 10.5 Å². The summed E-state index contributed by atoms with van der Waals surface area (Å²) in [6.45, 7) is 1.37. The lowest BCUT2D eigenvalue weighted by atomic mass is 10.2. The Balaban J connectivity index is 3.08. The van der Waals surface area contributed by atoms with Gasteiger partial charge in [-0.3, -0.25) is 4.79 Å². The van der Waals surface area contributed by atoms with Crippen LogP contribution in [-0.2, 0) is 14.3 Å². The molecule has 0 saturated heterocycles. The van der Waals surface area contributed by atoms with Gasteiger partial charge in [0.2, 0.25) is 23.3 Å². The van der Waals surface area contributed by atoms with Crippen LogP contribution in [-0.4, -0.2) is 29.6 Å². The highest BCUT2D eigenvalue weighted by atomic mass is 19.2. The molecule has 0 spiro atoms. The van der Waals surface area contributed by atoms with E-state index in [0.29, 0.717) is 0 Å². The monoisotopic (exact) mass is 324 g/mol. The van der Waals surface area contributed by atoms with Crippen LogP contribution in [0.3, 0.4) is 0 Å². The molecule has 1 rings (SSSR count). The predicted octanol–water partition coefficient (Wildman–Crippen LogP) is 1.21. The highest BCUT2D eigenvalue weighted by molar-refractivity contribution is 5.78. The number of carbonyl (C=O) groups excluding carboxylic acids is 2. The number of halogens is 4. The molecule has 1 atom stereocenters. The molecule has 0 aliphatic rings. The number of rotatable bonds is 7. The Hall–Kier alpha value is -2.39. The minimum absolute atomic E-state index is 0.0840. The van der Waals surface area contributed by atoms with E-state index in [1.807, 2.05) is 0 Å². The maximum atomic E-state index is 13.4. The van der Waals surface area contributed by atoms with Crippen LogP contribution >= 0.6 is 0 Å². The average molecular weight is 324 g/mol. The van der Waals surface area contributed by atoms with E-state index in [-0.39, 0.29) is 13.0 Å². The fourth-order valence-corrected chi connectivity index (χ4v) is 1.45. The molecule has 1 unspecified atom stereocenters. The minimum Gasteiger partial charge on any atom is -0.472 e. The molecule has 0 bridgehead atoms. The van der Waals surface area contributed by atoms with Crippen molar-refractivity contribution < 1.29 is 36.6 Å². The van der Waals surface area contributed by atoms with Crippen LogP contribution in [0.15, 0.2) is 0 Å². The van der Waals surface area contributed by atoms with Crippen molar-refractivity contribution >= 4 is 11.9 Å². The molecular formula is C12H12F4N2O4. The first-order valence-electron chi connectivity index (χ1n) is 6.09. The number of hydrogen-bond acceptors (Lipinski definition) is 5. The van der Waals surface area contributed by atoms with Gasteiger partial charge in [0.25, 0.3) is 11.9 Å². The molecule has 10 heteroatoms. The summed E-state index contributed by atoms with van der Waals surface area (Å²) in [4.78, 5) is 24.7. The van der Waals surface area contributed by atoms with Crippen LogP contribution in [0, 0.1) is 23.5 Å². The van der Waals surface area contributed by atoms with Gasteiger partial charge >= 0.3 is 5.97 Å². The molecule has 1 aromatic heterocycles. The van der Waals surface area contributed by atoms with Gasteiger partial charge in [-0.05, 0) is 6.92 Å². The number of hydrogen-bond donors (Lipinski definition) is 1. The zero-order chi connectivity index (χ0) is 16.9. The maximum absolute atomic E-state index is 13.4. The van der Waals surface area contributed by atoms with Gasteiger partial charge in [-0.25, -0.2) is 4.79 Å². The van der Waals surface area contributed by atoms with Crippen molar-refractivity contribution in [3.05, 3.63) is 23.5 Å². The predicted molar refractivity (Wildman–Crippen MR) is 63.5 cm³/mol. The summed E-state index contributed by atoms with van der Waals surface area (Å²) in [6, 6.07) is 0. The average Bonchev–Trinajstić information content (AvgIpc) is 2.44. The minimum atomic E-state index is -1.94. The Morgan fingerprint density at radius 2 is 1.73 bits per heavy atom. The lowest BCUT2D eigenvalue weighted by Gasteiger charge is -2.17. The molecule has 0 aliphatic heterocycles. The molecule has 1 aromatic rings. The van der Waals surface area contributed by atoms with E-state index in [0.717, 1.165) is 0 Å². The van der Waals surface area contributed by atoms with E-state index in [1.165, 1.54) is 6.92 Å². The summed E-state index contributed by atoms with van der Waals surface area (Å²) in [5, 5.41) is 0. The van der Waals surface area contributed by atoms with Crippen molar-refractivity contribution in [2.24, 2.45) is 5.73 Å². The lowest BCUT2D eigenvalue weighted by molar-refractivity contribution is -0.152. The number of carbonyl (C=O) groups is 2. The van der Waals surface area contributed by atoms with Crippen molar-refractivity contribution in [1.29, 1.82) is 0 Å². The highest BCUT2D eigenvalue weighted by Crippen LogP contribution is 2.26. The molecule has 6 nitrogen and oxygen atoms in total. The van der Waals surface area contributed by atoms with E-state index in [9.17, 15) is 27.2 Å². The number of amides is 1. The molecule has 1 amide bonds. The van der Waals surface area contributed by atoms with Gasteiger partial charge in [-0.2, -0.15) is 22.5 Å². The molecule has 1 heterocycles. The Morgan fingerprint density at radius 1 is 1.18 bits per heavy atom. The first kappa shape index (κ1) is 17.7. The van der Waals surface area contributed by atoms with Crippen molar-refractivity contribution in [3.8, 4) is 5.75 Å². The Bertz CT molecular complexity index is 556. The number of ether oxygens (including phenoxy) is 2. The third-order valence-corrected chi connectivity index (χ3v) is 2.42. The largest absolute Gasteiger partial charge is 0.472 e. The molecule has 2 N–H and O–H groups in total. The highest BCUT2D eigenvalue weighted by Gasteiger charge is 2.29. The van der Waals surface area contributed by atoms with Crippen LogP contribution in [0.5, 0.6) is 5.75 Å². The second-order valence-electron chi connectivity index (χ2n) is 4.01. The Kier molecular flexibility index (Phi) is 6.08. The molecule has 0 saturated carbocycles. The fraction of sp³-hybridized carbons (Fsp3) is 0.417. The number of primary amides is 1. The summed E-state index contributed by atoms with van der Waals surface area (Å²) < 4.78 is 62.1. The van der Waals surface area contributed by atoms with Gasteiger partial charge in [-0.1, -0.05) is 0 Å². The van der Waals surface area contributed by atoms with E-state index in [2.05, 4.69) is 14.5 Å². The smallest absolute Gasteiger partial charge is 0.347 e. The van der Waals surface area contributed by atoms with Crippen molar-refractivity contribution in [2.75, 3.05) is 6.61 Å². The second-order valence-corrected chi connectivity index (χ2v) is 4.01. The fourth-order valence-electron chi connectivity index (χ4n) is 1.45. The zero-order valence-electron chi connectivity index (χ0n) is 11.4. The Labute approximate surface area is 122 Å². The van der Waals surface area contributed by atoms with Gasteiger partial charge in [0.05, 0.1) is 6.61 Å². The maximum Gasteiger partial charge on any atom is 0.347 e. The summed E-state index contributed by atoms with van der Waals surface area (Å²) in [5.41, 5.74) is 4.89. The van der Waals surface area contributed by atoms with E-state index in [4.69, 9.17) is 5.73 Å². The third-order valence-electron chi connectivity index (χ3n) is 2.42. The number of esters is 1. The Morgan fingerprint density at radius 3 is 2.18 bits per heavy atom. The summed E-state index contributed by atoms with van der Waals surface area (Å²) in [5.74, 6) is -11.0. The normalized spacial score (nSPS) is 11.9. The molecule has 0 aliphatic carbocycles. The zero-order valence-corrected chi connectivity index (χ0v) is 11.4. The molecule has 122 valence electrons. The second kappa shape index (κ2) is 7.57. The summed E-state index contributed by atoms with van der Waals surface area (Å²) >= 11 is 0. The van der Waals surface area contributed by atoms with Crippen LogP contribution in [0.4, 0.5) is 17.6 Å².